The second-order valence-corrected chi connectivity index (χ2v) is 7.19. The average molecular weight is 349 g/mol. The zero-order valence-electron chi connectivity index (χ0n) is 15.2. The van der Waals surface area contributed by atoms with Crippen LogP contribution in [0.2, 0.25) is 0 Å². The largest absolute Gasteiger partial charge is 0.371 e. The highest BCUT2D eigenvalue weighted by Gasteiger charge is 2.36. The Hall–Kier alpha value is -2.66. The maximum Gasteiger partial charge on any atom is 0.266 e. The molecule has 5 heteroatoms. The van der Waals surface area contributed by atoms with Crippen molar-refractivity contribution in [2.45, 2.75) is 18.9 Å². The van der Waals surface area contributed by atoms with Gasteiger partial charge in [-0.15, -0.1) is 0 Å². The molecule has 2 aromatic rings. The fourth-order valence-electron chi connectivity index (χ4n) is 3.88. The number of carbonyl (C=O) groups is 2. The number of hydrogen-bond donors (Lipinski definition) is 0. The predicted octanol–water partition coefficient (Wildman–Crippen LogP) is 3.02. The van der Waals surface area contributed by atoms with Crippen molar-refractivity contribution in [1.29, 1.82) is 0 Å². The van der Waals surface area contributed by atoms with Crippen molar-refractivity contribution < 1.29 is 9.59 Å². The van der Waals surface area contributed by atoms with E-state index < -0.39 is 0 Å². The Balaban J connectivity index is 1.51. The van der Waals surface area contributed by atoms with Crippen molar-refractivity contribution in [2.24, 2.45) is 0 Å². The Morgan fingerprint density at radius 2 is 1.31 bits per heavy atom. The summed E-state index contributed by atoms with van der Waals surface area (Å²) in [6.07, 6.45) is 2.29. The zero-order valence-corrected chi connectivity index (χ0v) is 15.2. The second kappa shape index (κ2) is 6.57. The summed E-state index contributed by atoms with van der Waals surface area (Å²) in [5, 5.41) is 0. The predicted molar refractivity (Wildman–Crippen MR) is 103 cm³/mol. The molecule has 0 bridgehead atoms. The van der Waals surface area contributed by atoms with Gasteiger partial charge in [0.15, 0.2) is 0 Å². The van der Waals surface area contributed by atoms with Crippen molar-refractivity contribution in [3.05, 3.63) is 59.7 Å². The highest BCUT2D eigenvalue weighted by molar-refractivity contribution is 6.34. The minimum Gasteiger partial charge on any atom is -0.371 e. The fourth-order valence-corrected chi connectivity index (χ4v) is 3.88. The van der Waals surface area contributed by atoms with E-state index in [9.17, 15) is 9.59 Å². The summed E-state index contributed by atoms with van der Waals surface area (Å²) in [5.41, 5.74) is 2.73. The molecule has 0 spiro atoms. The number of carbonyl (C=O) groups excluding carboxylic acids is 2. The van der Waals surface area contributed by atoms with E-state index in [4.69, 9.17) is 0 Å². The van der Waals surface area contributed by atoms with E-state index in [1.807, 2.05) is 24.3 Å². The Morgan fingerprint density at radius 1 is 0.808 bits per heavy atom. The molecule has 1 saturated heterocycles. The van der Waals surface area contributed by atoms with E-state index in [0.717, 1.165) is 31.6 Å². The van der Waals surface area contributed by atoms with Crippen molar-refractivity contribution in [2.75, 3.05) is 37.0 Å². The number of imide groups is 1. The fraction of sp³-hybridized carbons (Fsp3) is 0.333. The summed E-state index contributed by atoms with van der Waals surface area (Å²) < 4.78 is 0. The number of fused-ring (bicyclic) bond motifs is 1. The molecule has 0 aliphatic carbocycles. The van der Waals surface area contributed by atoms with Crippen LogP contribution < -0.4 is 9.80 Å². The molecule has 2 heterocycles. The van der Waals surface area contributed by atoms with E-state index in [-0.39, 0.29) is 11.8 Å². The maximum absolute atomic E-state index is 12.6. The Kier molecular flexibility index (Phi) is 4.24. The SMILES string of the molecule is CN(C)C1CCN(c2ccc(N3C(=O)c4ccccc4C3=O)cc2)CC1. The maximum atomic E-state index is 12.6. The third-order valence-corrected chi connectivity index (χ3v) is 5.46. The number of rotatable bonds is 3. The summed E-state index contributed by atoms with van der Waals surface area (Å²) in [5.74, 6) is -0.490. The molecule has 2 amide bonds. The van der Waals surface area contributed by atoms with Crippen LogP contribution in [0.3, 0.4) is 0 Å². The highest BCUT2D eigenvalue weighted by atomic mass is 16.2. The molecule has 134 valence electrons. The lowest BCUT2D eigenvalue weighted by atomic mass is 10.0. The molecule has 4 rings (SSSR count). The number of amides is 2. The van der Waals surface area contributed by atoms with Crippen molar-refractivity contribution in [3.8, 4) is 0 Å². The van der Waals surface area contributed by atoms with Crippen molar-refractivity contribution >= 4 is 23.2 Å². The van der Waals surface area contributed by atoms with Crippen LogP contribution in [-0.2, 0) is 0 Å². The molecule has 26 heavy (non-hydrogen) atoms. The molecule has 0 unspecified atom stereocenters. The Morgan fingerprint density at radius 3 is 1.81 bits per heavy atom. The van der Waals surface area contributed by atoms with Crippen LogP contribution in [0.1, 0.15) is 33.6 Å². The minimum atomic E-state index is -0.245. The van der Waals surface area contributed by atoms with Gasteiger partial charge in [0, 0.05) is 24.8 Å². The van der Waals surface area contributed by atoms with Crippen LogP contribution in [0.5, 0.6) is 0 Å². The number of anilines is 2. The van der Waals surface area contributed by atoms with E-state index >= 15 is 0 Å². The molecule has 0 atom stereocenters. The van der Waals surface area contributed by atoms with E-state index in [1.165, 1.54) is 4.90 Å². The summed E-state index contributed by atoms with van der Waals surface area (Å²) in [6, 6.07) is 15.4. The second-order valence-electron chi connectivity index (χ2n) is 7.19. The van der Waals surface area contributed by atoms with Gasteiger partial charge in [0.25, 0.3) is 11.8 Å². The lowest BCUT2D eigenvalue weighted by Gasteiger charge is -2.36. The van der Waals surface area contributed by atoms with Crippen molar-refractivity contribution in [1.82, 2.24) is 4.90 Å². The molecule has 1 fully saturated rings. The lowest BCUT2D eigenvalue weighted by molar-refractivity contribution is 0.0926. The van der Waals surface area contributed by atoms with Gasteiger partial charge >= 0.3 is 0 Å². The Bertz CT molecular complexity index is 802. The summed E-state index contributed by atoms with van der Waals surface area (Å²) in [6.45, 7) is 2.05. The van der Waals surface area contributed by atoms with Crippen LogP contribution in [0, 0.1) is 0 Å². The molecule has 0 radical (unpaired) electrons. The summed E-state index contributed by atoms with van der Waals surface area (Å²) >= 11 is 0. The van der Waals surface area contributed by atoms with Crippen LogP contribution in [0.15, 0.2) is 48.5 Å². The number of hydrogen-bond acceptors (Lipinski definition) is 4. The monoisotopic (exact) mass is 349 g/mol. The number of benzene rings is 2. The van der Waals surface area contributed by atoms with Gasteiger partial charge in [-0.3, -0.25) is 9.59 Å². The van der Waals surface area contributed by atoms with Gasteiger partial charge in [-0.1, -0.05) is 12.1 Å². The molecular weight excluding hydrogens is 326 g/mol. The molecule has 0 aromatic heterocycles. The minimum absolute atomic E-state index is 0.245. The topological polar surface area (TPSA) is 43.9 Å². The van der Waals surface area contributed by atoms with E-state index in [2.05, 4.69) is 23.9 Å². The highest BCUT2D eigenvalue weighted by Crippen LogP contribution is 2.30. The zero-order chi connectivity index (χ0) is 18.3. The molecule has 5 nitrogen and oxygen atoms in total. The van der Waals surface area contributed by atoms with Gasteiger partial charge in [-0.2, -0.15) is 0 Å². The van der Waals surface area contributed by atoms with Crippen LogP contribution >= 0.6 is 0 Å². The van der Waals surface area contributed by atoms with Crippen LogP contribution in [-0.4, -0.2) is 49.9 Å². The van der Waals surface area contributed by atoms with E-state index in [0.29, 0.717) is 22.9 Å². The molecule has 2 aliphatic heterocycles. The first-order chi connectivity index (χ1) is 12.6. The van der Waals surface area contributed by atoms with Gasteiger partial charge in [-0.05, 0) is 63.3 Å². The smallest absolute Gasteiger partial charge is 0.266 e. The first kappa shape index (κ1) is 16.8. The summed E-state index contributed by atoms with van der Waals surface area (Å²) in [4.78, 5) is 31.1. The molecule has 0 N–H and O–H groups in total. The van der Waals surface area contributed by atoms with Gasteiger partial charge in [-0.25, -0.2) is 4.90 Å². The first-order valence-corrected chi connectivity index (χ1v) is 9.05. The van der Waals surface area contributed by atoms with Crippen LogP contribution in [0.25, 0.3) is 0 Å². The first-order valence-electron chi connectivity index (χ1n) is 9.05. The van der Waals surface area contributed by atoms with Crippen LogP contribution in [0.4, 0.5) is 11.4 Å². The summed E-state index contributed by atoms with van der Waals surface area (Å²) in [7, 11) is 4.27. The average Bonchev–Trinajstić information content (AvgIpc) is 2.93. The lowest BCUT2D eigenvalue weighted by Crippen LogP contribution is -2.42. The quantitative estimate of drug-likeness (QED) is 0.799. The standard InChI is InChI=1S/C21H23N3O2/c1-22(2)15-11-13-23(14-12-15)16-7-9-17(10-8-16)24-20(25)18-5-3-4-6-19(18)21(24)26/h3-10,15H,11-14H2,1-2H3. The normalized spacial score (nSPS) is 18.0. The molecule has 0 saturated carbocycles. The third-order valence-electron chi connectivity index (χ3n) is 5.46. The van der Waals surface area contributed by atoms with E-state index in [1.54, 1.807) is 24.3 Å². The number of nitrogens with zero attached hydrogens (tertiary/aromatic N) is 3. The van der Waals surface area contributed by atoms with Gasteiger partial charge in [0.05, 0.1) is 16.8 Å². The van der Waals surface area contributed by atoms with Crippen molar-refractivity contribution in [3.63, 3.8) is 0 Å². The third kappa shape index (κ3) is 2.78. The Labute approximate surface area is 153 Å². The van der Waals surface area contributed by atoms with Gasteiger partial charge in [0.2, 0.25) is 0 Å². The number of piperidine rings is 1. The molecule has 2 aromatic carbocycles. The van der Waals surface area contributed by atoms with Gasteiger partial charge in [0.1, 0.15) is 0 Å². The molecular formula is C21H23N3O2. The van der Waals surface area contributed by atoms with Gasteiger partial charge < -0.3 is 9.80 Å². The molecule has 2 aliphatic rings.